The Labute approximate surface area is 240 Å². The lowest BCUT2D eigenvalue weighted by molar-refractivity contribution is 0.777. The van der Waals surface area contributed by atoms with Gasteiger partial charge in [0.05, 0.1) is 0 Å². The fourth-order valence-corrected chi connectivity index (χ4v) is 11.2. The van der Waals surface area contributed by atoms with Gasteiger partial charge in [0.15, 0.2) is 8.07 Å². The predicted molar refractivity (Wildman–Crippen MR) is 175 cm³/mol. The Balaban J connectivity index is 1.93. The van der Waals surface area contributed by atoms with Crippen molar-refractivity contribution in [2.45, 2.75) is 92.4 Å². The summed E-state index contributed by atoms with van der Waals surface area (Å²) in [5.41, 5.74) is 7.43. The van der Waals surface area contributed by atoms with Crippen LogP contribution in [-0.2, 0) is 19.3 Å². The zero-order valence-corrected chi connectivity index (χ0v) is 26.1. The van der Waals surface area contributed by atoms with Crippen molar-refractivity contribution in [3.05, 3.63) is 119 Å². The van der Waals surface area contributed by atoms with Crippen molar-refractivity contribution in [1.29, 1.82) is 0 Å². The van der Waals surface area contributed by atoms with Crippen LogP contribution in [0.4, 0.5) is 0 Å². The number of aryl methyl sites for hydroxylation is 3. The first-order chi connectivity index (χ1) is 19.0. The standard InChI is InChI=1S/C38H49Si/c1-6-9-13-31-18-24-34(25-19-31)39(38-17-12-16-37(38)30(4)5,35-26-20-32(21-27-35)14-10-7-2)36-28-22-33(23-29-36)15-11-8-3/h12,16-30H,6-11,13-15H2,1-5H3. The van der Waals surface area contributed by atoms with Gasteiger partial charge in [-0.15, -0.1) is 0 Å². The van der Waals surface area contributed by atoms with E-state index in [0.717, 1.165) is 19.3 Å². The van der Waals surface area contributed by atoms with Crippen LogP contribution in [-0.4, -0.2) is 8.07 Å². The third kappa shape index (κ3) is 6.57. The Bertz CT molecular complexity index is 1080. The molecule has 3 aromatic carbocycles. The van der Waals surface area contributed by atoms with E-state index in [-0.39, 0.29) is 0 Å². The monoisotopic (exact) mass is 533 g/mol. The van der Waals surface area contributed by atoms with Crippen LogP contribution in [0.5, 0.6) is 0 Å². The van der Waals surface area contributed by atoms with E-state index >= 15 is 0 Å². The van der Waals surface area contributed by atoms with Gasteiger partial charge < -0.3 is 0 Å². The maximum Gasteiger partial charge on any atom is 0.163 e. The topological polar surface area (TPSA) is 0 Å². The van der Waals surface area contributed by atoms with Crippen LogP contribution >= 0.6 is 0 Å². The van der Waals surface area contributed by atoms with Crippen molar-refractivity contribution in [1.82, 2.24) is 0 Å². The highest BCUT2D eigenvalue weighted by Gasteiger charge is 2.48. The first kappa shape index (κ1) is 29.3. The van der Waals surface area contributed by atoms with Crippen molar-refractivity contribution >= 4 is 23.6 Å². The van der Waals surface area contributed by atoms with Crippen molar-refractivity contribution in [2.24, 2.45) is 5.92 Å². The average molecular weight is 534 g/mol. The molecule has 1 aliphatic carbocycles. The maximum atomic E-state index is 2.48. The number of benzene rings is 3. The van der Waals surface area contributed by atoms with Gasteiger partial charge in [-0.1, -0.05) is 150 Å². The van der Waals surface area contributed by atoms with Crippen LogP contribution in [0.15, 0.2) is 96.6 Å². The summed E-state index contributed by atoms with van der Waals surface area (Å²) in [5, 5.41) is 4.50. The first-order valence-corrected chi connectivity index (χ1v) is 17.6. The second-order valence-electron chi connectivity index (χ2n) is 11.7. The Morgan fingerprint density at radius 1 is 0.538 bits per heavy atom. The van der Waals surface area contributed by atoms with Gasteiger partial charge in [-0.2, -0.15) is 0 Å². The van der Waals surface area contributed by atoms with E-state index < -0.39 is 8.07 Å². The van der Waals surface area contributed by atoms with Crippen LogP contribution in [0.1, 0.15) is 89.8 Å². The second kappa shape index (κ2) is 14.1. The molecule has 1 radical (unpaired) electrons. The van der Waals surface area contributed by atoms with Gasteiger partial charge in [-0.25, -0.2) is 0 Å². The third-order valence-electron chi connectivity index (χ3n) is 8.49. The Morgan fingerprint density at radius 2 is 0.897 bits per heavy atom. The van der Waals surface area contributed by atoms with Gasteiger partial charge in [-0.05, 0) is 76.7 Å². The van der Waals surface area contributed by atoms with Gasteiger partial charge in [0.2, 0.25) is 0 Å². The molecule has 0 fully saturated rings. The van der Waals surface area contributed by atoms with E-state index in [1.54, 1.807) is 5.54 Å². The highest BCUT2D eigenvalue weighted by molar-refractivity contribution is 7.16. The van der Waals surface area contributed by atoms with E-state index in [1.165, 1.54) is 76.3 Å². The van der Waals surface area contributed by atoms with E-state index in [2.05, 4.69) is 126 Å². The second-order valence-corrected chi connectivity index (χ2v) is 15.5. The number of hydrogen-bond acceptors (Lipinski definition) is 0. The first-order valence-electron chi connectivity index (χ1n) is 15.6. The molecule has 0 spiro atoms. The summed E-state index contributed by atoms with van der Waals surface area (Å²) in [5.74, 6) is 0.485. The normalized spacial score (nSPS) is 13.8. The third-order valence-corrected chi connectivity index (χ3v) is 13.4. The van der Waals surface area contributed by atoms with Gasteiger partial charge in [0.25, 0.3) is 0 Å². The number of hydrogen-bond donors (Lipinski definition) is 0. The molecule has 0 saturated carbocycles. The van der Waals surface area contributed by atoms with Crippen molar-refractivity contribution < 1.29 is 0 Å². The fraction of sp³-hybridized carbons (Fsp3) is 0.395. The SMILES string of the molecule is CCCCc1ccc([Si]([C]2C=CC=C2C(C)C)(c2ccc(CCCC)cc2)c2ccc(CCCC)cc2)cc1. The fourth-order valence-electron chi connectivity index (χ4n) is 6.15. The minimum Gasteiger partial charge on any atom is -0.0750 e. The largest absolute Gasteiger partial charge is 0.163 e. The molecule has 0 aromatic heterocycles. The summed E-state index contributed by atoms with van der Waals surface area (Å²) < 4.78 is 0. The average Bonchev–Trinajstić information content (AvgIpc) is 3.47. The molecular formula is C38H49Si. The molecule has 0 unspecified atom stereocenters. The summed E-state index contributed by atoms with van der Waals surface area (Å²) in [6.07, 6.45) is 18.1. The molecule has 0 bridgehead atoms. The van der Waals surface area contributed by atoms with E-state index in [1.807, 2.05) is 0 Å². The molecule has 0 nitrogen and oxygen atoms in total. The Kier molecular flexibility index (Phi) is 10.6. The number of allylic oxidation sites excluding steroid dienone is 4. The summed E-state index contributed by atoms with van der Waals surface area (Å²) in [6, 6.07) is 29.3. The van der Waals surface area contributed by atoms with E-state index in [4.69, 9.17) is 0 Å². The minimum atomic E-state index is -2.52. The van der Waals surface area contributed by atoms with Crippen molar-refractivity contribution in [2.75, 3.05) is 0 Å². The van der Waals surface area contributed by atoms with Crippen LogP contribution in [0, 0.1) is 11.5 Å². The zero-order chi connectivity index (χ0) is 27.7. The lowest BCUT2D eigenvalue weighted by atomic mass is 10.0. The van der Waals surface area contributed by atoms with Gasteiger partial charge in [0.1, 0.15) is 0 Å². The lowest BCUT2D eigenvalue weighted by Gasteiger charge is -2.40. The van der Waals surface area contributed by atoms with Gasteiger partial charge in [-0.3, -0.25) is 0 Å². The molecule has 0 N–H and O–H groups in total. The van der Waals surface area contributed by atoms with E-state index in [0.29, 0.717) is 5.92 Å². The van der Waals surface area contributed by atoms with Crippen molar-refractivity contribution in [3.63, 3.8) is 0 Å². The van der Waals surface area contributed by atoms with E-state index in [9.17, 15) is 0 Å². The Morgan fingerprint density at radius 3 is 1.21 bits per heavy atom. The van der Waals surface area contributed by atoms with Crippen LogP contribution in [0.25, 0.3) is 0 Å². The highest BCUT2D eigenvalue weighted by atomic mass is 28.3. The zero-order valence-electron chi connectivity index (χ0n) is 25.1. The molecular weight excluding hydrogens is 485 g/mol. The minimum absolute atomic E-state index is 0.485. The number of rotatable bonds is 14. The lowest BCUT2D eigenvalue weighted by Crippen LogP contribution is -2.71. The van der Waals surface area contributed by atoms with Crippen LogP contribution < -0.4 is 15.6 Å². The maximum absolute atomic E-state index is 2.52. The highest BCUT2D eigenvalue weighted by Crippen LogP contribution is 2.36. The Hall–Kier alpha value is -2.64. The summed E-state index contributed by atoms with van der Waals surface area (Å²) in [7, 11) is -2.52. The summed E-state index contributed by atoms with van der Waals surface area (Å²) in [4.78, 5) is 0. The molecule has 0 amide bonds. The quantitative estimate of drug-likeness (QED) is 0.144. The molecule has 1 aliphatic rings. The summed E-state index contributed by atoms with van der Waals surface area (Å²) >= 11 is 0. The molecule has 4 rings (SSSR count). The molecule has 0 aliphatic heterocycles. The molecule has 0 heterocycles. The predicted octanol–water partition coefficient (Wildman–Crippen LogP) is 8.45. The van der Waals surface area contributed by atoms with Crippen LogP contribution in [0.2, 0.25) is 0 Å². The summed E-state index contributed by atoms with van der Waals surface area (Å²) in [6.45, 7) is 11.6. The molecule has 39 heavy (non-hydrogen) atoms. The smallest absolute Gasteiger partial charge is 0.0750 e. The molecule has 3 aromatic rings. The van der Waals surface area contributed by atoms with Gasteiger partial charge >= 0.3 is 0 Å². The molecule has 0 saturated heterocycles. The molecule has 205 valence electrons. The number of unbranched alkanes of at least 4 members (excludes halogenated alkanes) is 3. The molecule has 0 atom stereocenters. The molecule has 1 heteroatoms. The van der Waals surface area contributed by atoms with Gasteiger partial charge in [0, 0.05) is 5.54 Å². The van der Waals surface area contributed by atoms with Crippen molar-refractivity contribution in [3.8, 4) is 0 Å². The van der Waals surface area contributed by atoms with Crippen LogP contribution in [0.3, 0.4) is 0 Å².